The molecule has 1 heterocycles. The van der Waals surface area contributed by atoms with Crippen molar-refractivity contribution in [2.45, 2.75) is 6.92 Å². The summed E-state index contributed by atoms with van der Waals surface area (Å²) in [5.74, 6) is 0. The molecule has 0 spiro atoms. The number of benzene rings is 1. The summed E-state index contributed by atoms with van der Waals surface area (Å²) in [6.07, 6.45) is 2.05. The van der Waals surface area contributed by atoms with Crippen molar-refractivity contribution >= 4 is 20.3 Å². The van der Waals surface area contributed by atoms with Crippen LogP contribution in [0.5, 0.6) is 0 Å². The molecule has 0 aliphatic heterocycles. The van der Waals surface area contributed by atoms with E-state index in [1.165, 1.54) is 16.5 Å². The zero-order chi connectivity index (χ0) is 7.84. The van der Waals surface area contributed by atoms with Gasteiger partial charge >= 0.3 is 0 Å². The van der Waals surface area contributed by atoms with E-state index in [1.807, 2.05) is 0 Å². The molecule has 0 saturated heterocycles. The SMILES string of the molecule is Cc1ccc2ccn(P)c2c1. The molecule has 1 nitrogen and oxygen atoms in total. The molecular weight excluding hydrogens is 153 g/mol. The number of hydrogen-bond acceptors (Lipinski definition) is 0. The minimum Gasteiger partial charge on any atom is -0.332 e. The molecular formula is C9H10NP. The molecule has 1 aromatic heterocycles. The van der Waals surface area contributed by atoms with Gasteiger partial charge in [-0.15, -0.1) is 0 Å². The molecule has 56 valence electrons. The van der Waals surface area contributed by atoms with Crippen molar-refractivity contribution in [2.24, 2.45) is 0 Å². The van der Waals surface area contributed by atoms with Crippen molar-refractivity contribution in [3.05, 3.63) is 36.0 Å². The molecule has 2 aromatic rings. The number of nitrogens with zero attached hydrogens (tertiary/aromatic N) is 1. The van der Waals surface area contributed by atoms with Crippen LogP contribution in [0.1, 0.15) is 5.56 Å². The third kappa shape index (κ3) is 1.06. The maximum atomic E-state index is 2.67. The lowest BCUT2D eigenvalue weighted by atomic mass is 10.2. The second-order valence-corrected chi connectivity index (χ2v) is 3.34. The van der Waals surface area contributed by atoms with Crippen LogP contribution in [0.4, 0.5) is 0 Å². The third-order valence-corrected chi connectivity index (χ3v) is 2.33. The Morgan fingerprint density at radius 2 is 2.09 bits per heavy atom. The number of aromatic nitrogens is 1. The molecule has 0 fully saturated rings. The van der Waals surface area contributed by atoms with E-state index < -0.39 is 0 Å². The first-order chi connectivity index (χ1) is 5.27. The Hall–Kier alpha value is -0.810. The van der Waals surface area contributed by atoms with Gasteiger partial charge in [-0.1, -0.05) is 12.1 Å². The van der Waals surface area contributed by atoms with Crippen LogP contribution in [0.2, 0.25) is 0 Å². The first-order valence-corrected chi connectivity index (χ1v) is 4.12. The fraction of sp³-hybridized carbons (Fsp3) is 0.111. The monoisotopic (exact) mass is 163 g/mol. The van der Waals surface area contributed by atoms with E-state index in [0.717, 1.165) is 0 Å². The van der Waals surface area contributed by atoms with E-state index in [2.05, 4.69) is 51.1 Å². The highest BCUT2D eigenvalue weighted by Gasteiger charge is 1.95. The topological polar surface area (TPSA) is 4.93 Å². The van der Waals surface area contributed by atoms with Crippen molar-refractivity contribution in [2.75, 3.05) is 0 Å². The molecule has 0 saturated carbocycles. The van der Waals surface area contributed by atoms with Gasteiger partial charge in [0.2, 0.25) is 0 Å². The van der Waals surface area contributed by atoms with Crippen LogP contribution >= 0.6 is 9.39 Å². The highest BCUT2D eigenvalue weighted by atomic mass is 31.0. The largest absolute Gasteiger partial charge is 0.332 e. The molecule has 0 aliphatic rings. The van der Waals surface area contributed by atoms with Crippen LogP contribution in [-0.4, -0.2) is 4.34 Å². The molecule has 2 rings (SSSR count). The second-order valence-electron chi connectivity index (χ2n) is 2.79. The molecule has 2 heteroatoms. The lowest BCUT2D eigenvalue weighted by Crippen LogP contribution is -1.76. The molecule has 11 heavy (non-hydrogen) atoms. The van der Waals surface area contributed by atoms with E-state index in [-0.39, 0.29) is 0 Å². The number of fused-ring (bicyclic) bond motifs is 1. The van der Waals surface area contributed by atoms with Crippen LogP contribution in [-0.2, 0) is 0 Å². The Kier molecular flexibility index (Phi) is 1.47. The second kappa shape index (κ2) is 2.35. The van der Waals surface area contributed by atoms with Gasteiger partial charge < -0.3 is 4.34 Å². The fourth-order valence-corrected chi connectivity index (χ4v) is 1.57. The van der Waals surface area contributed by atoms with Gasteiger partial charge in [0.25, 0.3) is 0 Å². The summed E-state index contributed by atoms with van der Waals surface area (Å²) in [6.45, 7) is 2.11. The van der Waals surface area contributed by atoms with Crippen molar-refractivity contribution in [1.82, 2.24) is 4.34 Å². The van der Waals surface area contributed by atoms with Crippen LogP contribution < -0.4 is 0 Å². The Bertz CT molecular complexity index is 389. The van der Waals surface area contributed by atoms with Gasteiger partial charge in [-0.2, -0.15) is 0 Å². The highest BCUT2D eigenvalue weighted by molar-refractivity contribution is 7.14. The molecule has 0 radical (unpaired) electrons. The number of aryl methyl sites for hydroxylation is 1. The first kappa shape index (κ1) is 6.87. The van der Waals surface area contributed by atoms with Crippen molar-refractivity contribution in [3.8, 4) is 0 Å². The smallest absolute Gasteiger partial charge is 0.0511 e. The quantitative estimate of drug-likeness (QED) is 0.526. The molecule has 1 atom stereocenters. The summed E-state index contributed by atoms with van der Waals surface area (Å²) in [7, 11) is 2.67. The molecule has 0 N–H and O–H groups in total. The van der Waals surface area contributed by atoms with E-state index in [0.29, 0.717) is 0 Å². The van der Waals surface area contributed by atoms with Gasteiger partial charge in [-0.05, 0) is 39.4 Å². The summed E-state index contributed by atoms with van der Waals surface area (Å²) in [5.41, 5.74) is 2.58. The van der Waals surface area contributed by atoms with Gasteiger partial charge in [0.15, 0.2) is 0 Å². The Balaban J connectivity index is 2.87. The zero-order valence-corrected chi connectivity index (χ0v) is 7.57. The molecule has 0 amide bonds. The normalized spacial score (nSPS) is 10.7. The fourth-order valence-electron chi connectivity index (χ4n) is 1.26. The average molecular weight is 163 g/mol. The van der Waals surface area contributed by atoms with Crippen LogP contribution in [0.25, 0.3) is 10.9 Å². The number of rotatable bonds is 0. The summed E-state index contributed by atoms with van der Waals surface area (Å²) < 4.78 is 2.06. The van der Waals surface area contributed by atoms with Gasteiger partial charge in [0, 0.05) is 6.20 Å². The predicted octanol–water partition coefficient (Wildman–Crippen LogP) is 2.59. The van der Waals surface area contributed by atoms with E-state index in [4.69, 9.17) is 0 Å². The van der Waals surface area contributed by atoms with Crippen LogP contribution in [0.3, 0.4) is 0 Å². The van der Waals surface area contributed by atoms with Crippen molar-refractivity contribution < 1.29 is 0 Å². The summed E-state index contributed by atoms with van der Waals surface area (Å²) in [4.78, 5) is 0. The minimum absolute atomic E-state index is 1.27. The van der Waals surface area contributed by atoms with Crippen LogP contribution in [0.15, 0.2) is 30.5 Å². The Labute approximate surface area is 68.3 Å². The van der Waals surface area contributed by atoms with Gasteiger partial charge in [0.05, 0.1) is 5.52 Å². The summed E-state index contributed by atoms with van der Waals surface area (Å²) in [6, 6.07) is 8.57. The highest BCUT2D eigenvalue weighted by Crippen LogP contribution is 2.18. The maximum Gasteiger partial charge on any atom is 0.0511 e. The van der Waals surface area contributed by atoms with Gasteiger partial charge in [0.1, 0.15) is 0 Å². The maximum absolute atomic E-state index is 2.67. The molecule has 1 aromatic carbocycles. The van der Waals surface area contributed by atoms with Crippen LogP contribution in [0, 0.1) is 6.92 Å². The van der Waals surface area contributed by atoms with E-state index >= 15 is 0 Å². The van der Waals surface area contributed by atoms with Gasteiger partial charge in [-0.3, -0.25) is 0 Å². The number of hydrogen-bond donors (Lipinski definition) is 0. The van der Waals surface area contributed by atoms with E-state index in [1.54, 1.807) is 0 Å². The Morgan fingerprint density at radius 3 is 2.91 bits per heavy atom. The molecule has 1 unspecified atom stereocenters. The lowest BCUT2D eigenvalue weighted by molar-refractivity contribution is 1.34. The molecule has 0 aliphatic carbocycles. The Morgan fingerprint density at radius 1 is 1.27 bits per heavy atom. The third-order valence-electron chi connectivity index (χ3n) is 1.88. The lowest BCUT2D eigenvalue weighted by Gasteiger charge is -1.96. The van der Waals surface area contributed by atoms with Crippen molar-refractivity contribution in [3.63, 3.8) is 0 Å². The zero-order valence-electron chi connectivity index (χ0n) is 6.41. The summed E-state index contributed by atoms with van der Waals surface area (Å²) in [5, 5.41) is 1.30. The predicted molar refractivity (Wildman–Crippen MR) is 51.8 cm³/mol. The minimum atomic E-state index is 1.27. The summed E-state index contributed by atoms with van der Waals surface area (Å²) >= 11 is 0. The van der Waals surface area contributed by atoms with Crippen molar-refractivity contribution in [1.29, 1.82) is 0 Å². The molecule has 0 bridgehead atoms. The van der Waals surface area contributed by atoms with Gasteiger partial charge in [-0.25, -0.2) is 0 Å². The standard InChI is InChI=1S/C9H10NP/c1-7-2-3-8-4-5-10(11)9(8)6-7/h2-6H,11H2,1H3. The average Bonchev–Trinajstić information content (AvgIpc) is 2.33. The first-order valence-electron chi connectivity index (χ1n) is 3.60. The van der Waals surface area contributed by atoms with E-state index in [9.17, 15) is 0 Å².